The van der Waals surface area contributed by atoms with Crippen LogP contribution in [-0.4, -0.2) is 11.7 Å². The summed E-state index contributed by atoms with van der Waals surface area (Å²) in [6.45, 7) is 4.38. The lowest BCUT2D eigenvalue weighted by Crippen LogP contribution is -2.15. The molecule has 0 radical (unpaired) electrons. The Hall–Kier alpha value is -2.06. The van der Waals surface area contributed by atoms with Crippen molar-refractivity contribution >= 4 is 11.3 Å². The maximum atomic E-state index is 11.8. The number of benzene rings is 1. The summed E-state index contributed by atoms with van der Waals surface area (Å²) in [6.07, 6.45) is 0. The van der Waals surface area contributed by atoms with Crippen LogP contribution in [0.1, 0.15) is 21.7 Å². The first-order chi connectivity index (χ1) is 9.06. The molecular weight excluding hydrogens is 260 g/mol. The summed E-state index contributed by atoms with van der Waals surface area (Å²) in [5.41, 5.74) is 2.42. The molecule has 0 aliphatic carbocycles. The summed E-state index contributed by atoms with van der Waals surface area (Å²) in [4.78, 5) is 12.9. The van der Waals surface area contributed by atoms with Crippen molar-refractivity contribution in [3.8, 4) is 11.8 Å². The molecule has 0 N–H and O–H groups in total. The van der Waals surface area contributed by atoms with Crippen molar-refractivity contribution in [2.75, 3.05) is 7.11 Å². The fourth-order valence-electron chi connectivity index (χ4n) is 1.88. The Balaban J connectivity index is 2.39. The molecule has 2 aromatic rings. The number of nitriles is 1. The third-order valence-corrected chi connectivity index (χ3v) is 4.10. The maximum absolute atomic E-state index is 11.8. The molecular formula is C14H14N2O2S. The van der Waals surface area contributed by atoms with Crippen LogP contribution in [0.3, 0.4) is 0 Å². The molecule has 0 fully saturated rings. The van der Waals surface area contributed by atoms with E-state index in [2.05, 4.69) is 6.07 Å². The number of hydrogen-bond acceptors (Lipinski definition) is 4. The molecule has 0 saturated heterocycles. The number of nitrogens with zero attached hydrogens (tertiary/aromatic N) is 2. The van der Waals surface area contributed by atoms with Gasteiger partial charge in [0.2, 0.25) is 0 Å². The standard InChI is InChI=1S/C14H14N2O2S/c1-9-10(2)19-14(17)16(9)8-11-4-5-12(7-15)13(6-11)18-3/h4-6H,8H2,1-3H3. The maximum Gasteiger partial charge on any atom is 0.307 e. The molecule has 0 atom stereocenters. The number of ether oxygens (including phenoxy) is 1. The minimum absolute atomic E-state index is 0.0401. The van der Waals surface area contributed by atoms with E-state index >= 15 is 0 Å². The van der Waals surface area contributed by atoms with Gasteiger partial charge in [-0.25, -0.2) is 0 Å². The minimum Gasteiger partial charge on any atom is -0.495 e. The van der Waals surface area contributed by atoms with Gasteiger partial charge in [0, 0.05) is 10.6 Å². The zero-order valence-corrected chi connectivity index (χ0v) is 11.9. The second-order valence-corrected chi connectivity index (χ2v) is 5.41. The van der Waals surface area contributed by atoms with Gasteiger partial charge in [-0.15, -0.1) is 0 Å². The van der Waals surface area contributed by atoms with Gasteiger partial charge in [0.25, 0.3) is 0 Å². The van der Waals surface area contributed by atoms with E-state index < -0.39 is 0 Å². The first-order valence-electron chi connectivity index (χ1n) is 5.80. The summed E-state index contributed by atoms with van der Waals surface area (Å²) in [7, 11) is 1.53. The average Bonchev–Trinajstić information content (AvgIpc) is 2.65. The van der Waals surface area contributed by atoms with E-state index in [1.54, 1.807) is 16.7 Å². The largest absolute Gasteiger partial charge is 0.495 e. The predicted octanol–water partition coefficient (Wildman–Crippen LogP) is 2.46. The Morgan fingerprint density at radius 2 is 2.16 bits per heavy atom. The third kappa shape index (κ3) is 2.54. The first kappa shape index (κ1) is 13.4. The molecule has 5 heteroatoms. The number of thiazole rings is 1. The van der Waals surface area contributed by atoms with Crippen LogP contribution >= 0.6 is 11.3 Å². The molecule has 98 valence electrons. The van der Waals surface area contributed by atoms with Crippen molar-refractivity contribution < 1.29 is 4.74 Å². The lowest BCUT2D eigenvalue weighted by atomic mass is 10.1. The SMILES string of the molecule is COc1cc(Cn2c(C)c(C)sc2=O)ccc1C#N. The quantitative estimate of drug-likeness (QED) is 0.864. The highest BCUT2D eigenvalue weighted by Crippen LogP contribution is 2.20. The van der Waals surface area contributed by atoms with Gasteiger partial charge in [0.15, 0.2) is 0 Å². The van der Waals surface area contributed by atoms with Crippen molar-refractivity contribution in [3.05, 3.63) is 49.6 Å². The molecule has 0 bridgehead atoms. The summed E-state index contributed by atoms with van der Waals surface area (Å²) >= 11 is 1.26. The van der Waals surface area contributed by atoms with Crippen LogP contribution in [0.15, 0.2) is 23.0 Å². The van der Waals surface area contributed by atoms with Crippen LogP contribution in [0.25, 0.3) is 0 Å². The van der Waals surface area contributed by atoms with E-state index in [0.29, 0.717) is 17.9 Å². The highest BCUT2D eigenvalue weighted by atomic mass is 32.1. The molecule has 0 aliphatic heterocycles. The van der Waals surface area contributed by atoms with Gasteiger partial charge in [-0.3, -0.25) is 9.36 Å². The molecule has 1 aromatic carbocycles. The number of rotatable bonds is 3. The summed E-state index contributed by atoms with van der Waals surface area (Å²) in [6, 6.07) is 7.44. The van der Waals surface area contributed by atoms with Gasteiger partial charge in [0.1, 0.15) is 11.8 Å². The highest BCUT2D eigenvalue weighted by molar-refractivity contribution is 7.09. The zero-order valence-electron chi connectivity index (χ0n) is 11.1. The average molecular weight is 274 g/mol. The first-order valence-corrected chi connectivity index (χ1v) is 6.62. The Bertz CT molecular complexity index is 707. The molecule has 0 aliphatic rings. The van der Waals surface area contributed by atoms with E-state index in [0.717, 1.165) is 16.1 Å². The molecule has 19 heavy (non-hydrogen) atoms. The van der Waals surface area contributed by atoms with Gasteiger partial charge < -0.3 is 4.74 Å². The Morgan fingerprint density at radius 1 is 1.42 bits per heavy atom. The number of aryl methyl sites for hydroxylation is 1. The third-order valence-electron chi connectivity index (χ3n) is 3.10. The molecule has 0 unspecified atom stereocenters. The van der Waals surface area contributed by atoms with Crippen LogP contribution < -0.4 is 9.61 Å². The minimum atomic E-state index is 0.0401. The lowest BCUT2D eigenvalue weighted by molar-refractivity contribution is 0.413. The summed E-state index contributed by atoms with van der Waals surface area (Å²) in [5, 5.41) is 8.94. The Labute approximate surface area is 115 Å². The van der Waals surface area contributed by atoms with Crippen LogP contribution in [-0.2, 0) is 6.54 Å². The van der Waals surface area contributed by atoms with E-state index in [4.69, 9.17) is 10.00 Å². The van der Waals surface area contributed by atoms with E-state index in [9.17, 15) is 4.79 Å². The number of aromatic nitrogens is 1. The number of hydrogen-bond donors (Lipinski definition) is 0. The van der Waals surface area contributed by atoms with Crippen LogP contribution in [0, 0.1) is 25.2 Å². The van der Waals surface area contributed by atoms with Gasteiger partial charge in [-0.05, 0) is 31.5 Å². The molecule has 1 heterocycles. The number of methoxy groups -OCH3 is 1. The lowest BCUT2D eigenvalue weighted by Gasteiger charge is -2.08. The van der Waals surface area contributed by atoms with E-state index in [-0.39, 0.29) is 4.87 Å². The normalized spacial score (nSPS) is 10.2. The molecule has 0 amide bonds. The van der Waals surface area contributed by atoms with Crippen molar-refractivity contribution in [1.82, 2.24) is 4.57 Å². The predicted molar refractivity (Wildman–Crippen MR) is 74.9 cm³/mol. The molecule has 2 rings (SSSR count). The van der Waals surface area contributed by atoms with Gasteiger partial charge in [-0.1, -0.05) is 17.4 Å². The van der Waals surface area contributed by atoms with E-state index in [1.165, 1.54) is 18.4 Å². The van der Waals surface area contributed by atoms with Crippen molar-refractivity contribution in [1.29, 1.82) is 5.26 Å². The molecule has 0 saturated carbocycles. The fraction of sp³-hybridized carbons (Fsp3) is 0.286. The van der Waals surface area contributed by atoms with Gasteiger partial charge >= 0.3 is 4.87 Å². The molecule has 0 spiro atoms. The van der Waals surface area contributed by atoms with Crippen molar-refractivity contribution in [2.45, 2.75) is 20.4 Å². The fourth-order valence-corrected chi connectivity index (χ4v) is 2.71. The smallest absolute Gasteiger partial charge is 0.307 e. The van der Waals surface area contributed by atoms with Crippen LogP contribution in [0.2, 0.25) is 0 Å². The summed E-state index contributed by atoms with van der Waals surface area (Å²) < 4.78 is 6.91. The van der Waals surface area contributed by atoms with Crippen LogP contribution in [0.5, 0.6) is 5.75 Å². The molecule has 1 aromatic heterocycles. The molecule has 4 nitrogen and oxygen atoms in total. The van der Waals surface area contributed by atoms with Gasteiger partial charge in [0.05, 0.1) is 19.2 Å². The second-order valence-electron chi connectivity index (χ2n) is 4.24. The monoisotopic (exact) mass is 274 g/mol. The van der Waals surface area contributed by atoms with Crippen molar-refractivity contribution in [3.63, 3.8) is 0 Å². The zero-order chi connectivity index (χ0) is 14.0. The van der Waals surface area contributed by atoms with Gasteiger partial charge in [-0.2, -0.15) is 5.26 Å². The van der Waals surface area contributed by atoms with Crippen molar-refractivity contribution in [2.24, 2.45) is 0 Å². The second kappa shape index (κ2) is 5.29. The van der Waals surface area contributed by atoms with Crippen LogP contribution in [0.4, 0.5) is 0 Å². The summed E-state index contributed by atoms with van der Waals surface area (Å²) in [5.74, 6) is 0.539. The van der Waals surface area contributed by atoms with E-state index in [1.807, 2.05) is 19.9 Å². The highest BCUT2D eigenvalue weighted by Gasteiger charge is 2.09. The Kier molecular flexibility index (Phi) is 3.72. The topological polar surface area (TPSA) is 55.0 Å². The Morgan fingerprint density at radius 3 is 2.68 bits per heavy atom.